The van der Waals surface area contributed by atoms with Gasteiger partial charge in [-0.25, -0.2) is 4.98 Å². The van der Waals surface area contributed by atoms with Crippen LogP contribution < -0.4 is 11.1 Å². The molecule has 1 fully saturated rings. The molecule has 0 radical (unpaired) electrons. The summed E-state index contributed by atoms with van der Waals surface area (Å²) in [4.78, 5) is 15.7. The number of imidazole rings is 1. The first kappa shape index (κ1) is 11.1. The standard InChI is InChI=1S/C11H18N4O/c12-4-3-10-6-15(8-14-10)7-11(16)13-5-9-1-2-9/h6,8-9H,1-5,7,12H2,(H,13,16). The minimum absolute atomic E-state index is 0.0589. The maximum Gasteiger partial charge on any atom is 0.239 e. The lowest BCUT2D eigenvalue weighted by atomic mass is 10.3. The third kappa shape index (κ3) is 3.34. The van der Waals surface area contributed by atoms with Crippen molar-refractivity contribution in [2.45, 2.75) is 25.8 Å². The molecule has 1 aliphatic rings. The van der Waals surface area contributed by atoms with E-state index in [2.05, 4.69) is 10.3 Å². The molecule has 2 rings (SSSR count). The van der Waals surface area contributed by atoms with E-state index in [0.717, 1.165) is 24.6 Å². The SMILES string of the molecule is NCCc1cn(CC(=O)NCC2CC2)cn1. The molecule has 5 nitrogen and oxygen atoms in total. The second-order valence-corrected chi connectivity index (χ2v) is 4.32. The Balaban J connectivity index is 1.75. The Morgan fingerprint density at radius 2 is 2.44 bits per heavy atom. The smallest absolute Gasteiger partial charge is 0.239 e. The highest BCUT2D eigenvalue weighted by Gasteiger charge is 2.21. The number of carbonyl (C=O) groups is 1. The normalized spacial score (nSPS) is 15.1. The van der Waals surface area contributed by atoms with Gasteiger partial charge in [0.15, 0.2) is 0 Å². The summed E-state index contributed by atoms with van der Waals surface area (Å²) in [5.41, 5.74) is 6.37. The van der Waals surface area contributed by atoms with Gasteiger partial charge in [-0.15, -0.1) is 0 Å². The summed E-state index contributed by atoms with van der Waals surface area (Å²) < 4.78 is 1.80. The van der Waals surface area contributed by atoms with E-state index in [4.69, 9.17) is 5.73 Å². The Bertz CT molecular complexity index is 357. The molecule has 0 unspecified atom stereocenters. The first-order chi connectivity index (χ1) is 7.78. The zero-order valence-electron chi connectivity index (χ0n) is 9.35. The van der Waals surface area contributed by atoms with E-state index >= 15 is 0 Å². The van der Waals surface area contributed by atoms with Gasteiger partial charge >= 0.3 is 0 Å². The Morgan fingerprint density at radius 3 is 3.12 bits per heavy atom. The first-order valence-corrected chi connectivity index (χ1v) is 5.75. The molecule has 1 aromatic heterocycles. The number of aromatic nitrogens is 2. The summed E-state index contributed by atoms with van der Waals surface area (Å²) in [6.07, 6.45) is 6.83. The van der Waals surface area contributed by atoms with Crippen molar-refractivity contribution in [3.8, 4) is 0 Å². The molecule has 0 aliphatic heterocycles. The van der Waals surface area contributed by atoms with Crippen LogP contribution in [0.15, 0.2) is 12.5 Å². The van der Waals surface area contributed by atoms with Gasteiger partial charge in [-0.2, -0.15) is 0 Å². The third-order valence-corrected chi connectivity index (χ3v) is 2.70. The van der Waals surface area contributed by atoms with E-state index in [1.165, 1.54) is 12.8 Å². The summed E-state index contributed by atoms with van der Waals surface area (Å²) >= 11 is 0. The van der Waals surface area contributed by atoms with Crippen LogP contribution in [0, 0.1) is 5.92 Å². The number of rotatable bonds is 6. The molecule has 88 valence electrons. The second kappa shape index (κ2) is 5.12. The number of amides is 1. The average molecular weight is 222 g/mol. The number of nitrogens with two attached hydrogens (primary N) is 1. The van der Waals surface area contributed by atoms with Crippen LogP contribution in [0.2, 0.25) is 0 Å². The summed E-state index contributed by atoms with van der Waals surface area (Å²) in [6, 6.07) is 0. The van der Waals surface area contributed by atoms with Gasteiger partial charge in [-0.05, 0) is 25.3 Å². The predicted octanol–water partition coefficient (Wildman–Crippen LogP) is -0.0895. The molecule has 1 amide bonds. The van der Waals surface area contributed by atoms with Crippen LogP contribution in [-0.2, 0) is 17.8 Å². The monoisotopic (exact) mass is 222 g/mol. The Morgan fingerprint density at radius 1 is 1.62 bits per heavy atom. The Kier molecular flexibility index (Phi) is 3.56. The molecule has 1 saturated carbocycles. The van der Waals surface area contributed by atoms with Crippen molar-refractivity contribution in [3.05, 3.63) is 18.2 Å². The Labute approximate surface area is 95.0 Å². The van der Waals surface area contributed by atoms with Crippen molar-refractivity contribution >= 4 is 5.91 Å². The highest BCUT2D eigenvalue weighted by Crippen LogP contribution is 2.27. The fourth-order valence-electron chi connectivity index (χ4n) is 1.57. The number of nitrogens with zero attached hydrogens (tertiary/aromatic N) is 2. The van der Waals surface area contributed by atoms with E-state index in [0.29, 0.717) is 13.1 Å². The molecule has 16 heavy (non-hydrogen) atoms. The fourth-order valence-corrected chi connectivity index (χ4v) is 1.57. The zero-order chi connectivity index (χ0) is 11.4. The number of carbonyl (C=O) groups excluding carboxylic acids is 1. The predicted molar refractivity (Wildman–Crippen MR) is 60.7 cm³/mol. The minimum atomic E-state index is 0.0589. The van der Waals surface area contributed by atoms with Crippen LogP contribution >= 0.6 is 0 Å². The number of hydrogen-bond donors (Lipinski definition) is 2. The van der Waals surface area contributed by atoms with Crippen LogP contribution in [0.1, 0.15) is 18.5 Å². The highest BCUT2D eigenvalue weighted by atomic mass is 16.1. The van der Waals surface area contributed by atoms with Crippen molar-refractivity contribution in [1.82, 2.24) is 14.9 Å². The lowest BCUT2D eigenvalue weighted by molar-refractivity contribution is -0.121. The number of nitrogens with one attached hydrogen (secondary N) is 1. The van der Waals surface area contributed by atoms with Crippen molar-refractivity contribution in [3.63, 3.8) is 0 Å². The van der Waals surface area contributed by atoms with Gasteiger partial charge in [0.1, 0.15) is 6.54 Å². The van der Waals surface area contributed by atoms with E-state index in [1.54, 1.807) is 10.9 Å². The molecule has 0 spiro atoms. The van der Waals surface area contributed by atoms with Gasteiger partial charge in [0.25, 0.3) is 0 Å². The molecule has 0 aromatic carbocycles. The van der Waals surface area contributed by atoms with E-state index in [1.807, 2.05) is 6.20 Å². The maximum atomic E-state index is 11.5. The van der Waals surface area contributed by atoms with Crippen LogP contribution in [0.3, 0.4) is 0 Å². The van der Waals surface area contributed by atoms with E-state index < -0.39 is 0 Å². The lowest BCUT2D eigenvalue weighted by Crippen LogP contribution is -2.28. The van der Waals surface area contributed by atoms with Gasteiger partial charge in [-0.1, -0.05) is 0 Å². The van der Waals surface area contributed by atoms with Crippen LogP contribution in [0.25, 0.3) is 0 Å². The molecule has 3 N–H and O–H groups in total. The van der Waals surface area contributed by atoms with Gasteiger partial charge in [-0.3, -0.25) is 4.79 Å². The van der Waals surface area contributed by atoms with Crippen LogP contribution in [0.4, 0.5) is 0 Å². The van der Waals surface area contributed by atoms with Crippen molar-refractivity contribution < 1.29 is 4.79 Å². The van der Waals surface area contributed by atoms with Crippen molar-refractivity contribution in [2.24, 2.45) is 11.7 Å². The fraction of sp³-hybridized carbons (Fsp3) is 0.636. The lowest BCUT2D eigenvalue weighted by Gasteiger charge is -2.04. The zero-order valence-corrected chi connectivity index (χ0v) is 9.35. The highest BCUT2D eigenvalue weighted by molar-refractivity contribution is 5.75. The maximum absolute atomic E-state index is 11.5. The van der Waals surface area contributed by atoms with Crippen molar-refractivity contribution in [2.75, 3.05) is 13.1 Å². The first-order valence-electron chi connectivity index (χ1n) is 5.75. The molecule has 1 aliphatic carbocycles. The Hall–Kier alpha value is -1.36. The molecule has 5 heteroatoms. The molecule has 0 atom stereocenters. The molecule has 1 aromatic rings. The van der Waals surface area contributed by atoms with E-state index in [9.17, 15) is 4.79 Å². The summed E-state index contributed by atoms with van der Waals surface area (Å²) in [7, 11) is 0. The molecular formula is C11H18N4O. The van der Waals surface area contributed by atoms with Gasteiger partial charge in [0, 0.05) is 19.2 Å². The molecule has 1 heterocycles. The van der Waals surface area contributed by atoms with Gasteiger partial charge in [0.05, 0.1) is 12.0 Å². The second-order valence-electron chi connectivity index (χ2n) is 4.32. The number of hydrogen-bond acceptors (Lipinski definition) is 3. The average Bonchev–Trinajstić information content (AvgIpc) is 2.99. The topological polar surface area (TPSA) is 72.9 Å². The minimum Gasteiger partial charge on any atom is -0.354 e. The molecular weight excluding hydrogens is 204 g/mol. The van der Waals surface area contributed by atoms with Crippen LogP contribution in [0.5, 0.6) is 0 Å². The third-order valence-electron chi connectivity index (χ3n) is 2.70. The van der Waals surface area contributed by atoms with Gasteiger partial charge in [0.2, 0.25) is 5.91 Å². The largest absolute Gasteiger partial charge is 0.354 e. The molecule has 0 saturated heterocycles. The van der Waals surface area contributed by atoms with Crippen molar-refractivity contribution in [1.29, 1.82) is 0 Å². The summed E-state index contributed by atoms with van der Waals surface area (Å²) in [5, 5.41) is 2.92. The van der Waals surface area contributed by atoms with Gasteiger partial charge < -0.3 is 15.6 Å². The van der Waals surface area contributed by atoms with E-state index in [-0.39, 0.29) is 5.91 Å². The molecule has 0 bridgehead atoms. The van der Waals surface area contributed by atoms with Crippen LogP contribution in [-0.4, -0.2) is 28.5 Å². The quantitative estimate of drug-likeness (QED) is 0.706. The summed E-state index contributed by atoms with van der Waals surface area (Å²) in [6.45, 7) is 1.76. The summed E-state index contributed by atoms with van der Waals surface area (Å²) in [5.74, 6) is 0.781.